The number of aliphatic carboxylic acids is 1. The van der Waals surface area contributed by atoms with Gasteiger partial charge in [0.25, 0.3) is 0 Å². The molecule has 0 aromatic carbocycles. The number of carboxylic acids is 1. The maximum atomic E-state index is 10.5. The lowest BCUT2D eigenvalue weighted by Gasteiger charge is -2.16. The fourth-order valence-corrected chi connectivity index (χ4v) is 1.22. The Morgan fingerprint density at radius 2 is 2.33 bits per heavy atom. The Kier molecular flexibility index (Phi) is 3.24. The molecule has 0 unspecified atom stereocenters. The van der Waals surface area contributed by atoms with Gasteiger partial charge < -0.3 is 10.0 Å². The number of anilines is 1. The molecule has 0 atom stereocenters. The Labute approximate surface area is 87.6 Å². The number of pyridine rings is 1. The van der Waals surface area contributed by atoms with E-state index >= 15 is 0 Å². The van der Waals surface area contributed by atoms with Crippen LogP contribution < -0.4 is 4.90 Å². The Morgan fingerprint density at radius 1 is 1.67 bits per heavy atom. The number of hydrogen-bond acceptors (Lipinski definition) is 4. The molecule has 78 valence electrons. The molecule has 0 amide bonds. The van der Waals surface area contributed by atoms with Crippen LogP contribution in [-0.2, 0) is 4.79 Å². The summed E-state index contributed by atoms with van der Waals surface area (Å²) in [6, 6.07) is 5.24. The van der Waals surface area contributed by atoms with Crippen molar-refractivity contribution in [2.24, 2.45) is 0 Å². The normalized spacial score (nSPS) is 9.40. The number of nitrogens with zero attached hydrogens (tertiary/aromatic N) is 3. The van der Waals surface area contributed by atoms with Crippen LogP contribution in [0, 0.1) is 18.3 Å². The summed E-state index contributed by atoms with van der Waals surface area (Å²) >= 11 is 0. The molecule has 0 saturated carbocycles. The van der Waals surface area contributed by atoms with Crippen LogP contribution >= 0.6 is 0 Å². The summed E-state index contributed by atoms with van der Waals surface area (Å²) in [6.07, 6.45) is 0. The van der Waals surface area contributed by atoms with E-state index < -0.39 is 5.97 Å². The molecule has 1 aromatic rings. The minimum absolute atomic E-state index is 0.103. The van der Waals surface area contributed by atoms with Crippen LogP contribution in [0.25, 0.3) is 0 Å². The van der Waals surface area contributed by atoms with E-state index in [0.29, 0.717) is 17.1 Å². The van der Waals surface area contributed by atoms with Crippen LogP contribution in [0.1, 0.15) is 11.4 Å². The lowest BCUT2D eigenvalue weighted by Crippen LogP contribution is -2.25. The standard InChI is InChI=1S/C10H11N3O2/c1-7-3-9(4-8(5-11)12-7)13(2)6-10(14)15/h3-4H,6H2,1-2H3,(H,14,15). The smallest absolute Gasteiger partial charge is 0.323 e. The molecule has 0 aliphatic carbocycles. The van der Waals surface area contributed by atoms with Crippen LogP contribution in [0.5, 0.6) is 0 Å². The second kappa shape index (κ2) is 4.42. The first-order valence-electron chi connectivity index (χ1n) is 4.34. The molecular formula is C10H11N3O2. The molecule has 1 aromatic heterocycles. The van der Waals surface area contributed by atoms with E-state index in [-0.39, 0.29) is 6.54 Å². The van der Waals surface area contributed by atoms with E-state index in [9.17, 15) is 4.79 Å². The van der Waals surface area contributed by atoms with Crippen molar-refractivity contribution >= 4 is 11.7 Å². The second-order valence-electron chi connectivity index (χ2n) is 3.21. The number of nitriles is 1. The Balaban J connectivity index is 2.99. The number of carbonyl (C=O) groups is 1. The number of aryl methyl sites for hydroxylation is 1. The minimum Gasteiger partial charge on any atom is -0.480 e. The summed E-state index contributed by atoms with van der Waals surface area (Å²) in [4.78, 5) is 16.0. The largest absolute Gasteiger partial charge is 0.480 e. The molecule has 0 aliphatic heterocycles. The first-order valence-corrected chi connectivity index (χ1v) is 4.34. The SMILES string of the molecule is Cc1cc(N(C)CC(=O)O)cc(C#N)n1. The van der Waals surface area contributed by atoms with Crippen LogP contribution in [0.3, 0.4) is 0 Å². The molecular weight excluding hydrogens is 194 g/mol. The molecule has 1 N–H and O–H groups in total. The first kappa shape index (κ1) is 11.0. The van der Waals surface area contributed by atoms with Crippen molar-refractivity contribution in [3.05, 3.63) is 23.5 Å². The van der Waals surface area contributed by atoms with Gasteiger partial charge in [0.1, 0.15) is 18.3 Å². The van der Waals surface area contributed by atoms with Crippen LogP contribution in [0.4, 0.5) is 5.69 Å². The molecule has 0 spiro atoms. The lowest BCUT2D eigenvalue weighted by atomic mass is 10.2. The van der Waals surface area contributed by atoms with Gasteiger partial charge in [0, 0.05) is 18.4 Å². The number of hydrogen-bond donors (Lipinski definition) is 1. The highest BCUT2D eigenvalue weighted by Crippen LogP contribution is 2.14. The molecule has 5 heteroatoms. The van der Waals surface area contributed by atoms with E-state index in [1.807, 2.05) is 6.07 Å². The van der Waals surface area contributed by atoms with Crippen LogP contribution in [0.15, 0.2) is 12.1 Å². The third-order valence-corrected chi connectivity index (χ3v) is 1.87. The van der Waals surface area contributed by atoms with Crippen molar-refractivity contribution in [1.82, 2.24) is 4.98 Å². The molecule has 0 bridgehead atoms. The van der Waals surface area contributed by atoms with Crippen LogP contribution in [0.2, 0.25) is 0 Å². The van der Waals surface area contributed by atoms with Gasteiger partial charge in [-0.25, -0.2) is 4.98 Å². The summed E-state index contributed by atoms with van der Waals surface area (Å²) in [5.74, 6) is -0.912. The highest BCUT2D eigenvalue weighted by molar-refractivity contribution is 5.73. The van der Waals surface area contributed by atoms with Gasteiger partial charge in [-0.15, -0.1) is 0 Å². The summed E-state index contributed by atoms with van der Waals surface area (Å²) in [5.41, 5.74) is 1.67. The highest BCUT2D eigenvalue weighted by atomic mass is 16.4. The summed E-state index contributed by atoms with van der Waals surface area (Å²) in [5, 5.41) is 17.3. The first-order chi connectivity index (χ1) is 7.02. The molecule has 5 nitrogen and oxygen atoms in total. The average molecular weight is 205 g/mol. The van der Waals surface area contributed by atoms with Crippen molar-refractivity contribution in [2.45, 2.75) is 6.92 Å². The molecule has 1 heterocycles. The fraction of sp³-hybridized carbons (Fsp3) is 0.300. The number of rotatable bonds is 3. The van der Waals surface area contributed by atoms with Gasteiger partial charge in [-0.05, 0) is 19.1 Å². The van der Waals surface area contributed by atoms with Gasteiger partial charge in [0.15, 0.2) is 0 Å². The number of likely N-dealkylation sites (N-methyl/N-ethyl adjacent to an activating group) is 1. The van der Waals surface area contributed by atoms with Crippen molar-refractivity contribution in [3.8, 4) is 6.07 Å². The van der Waals surface area contributed by atoms with Crippen molar-refractivity contribution in [2.75, 3.05) is 18.5 Å². The Bertz CT molecular complexity index is 423. The van der Waals surface area contributed by atoms with Gasteiger partial charge in [0.2, 0.25) is 0 Å². The average Bonchev–Trinajstić information content (AvgIpc) is 2.15. The van der Waals surface area contributed by atoms with E-state index in [4.69, 9.17) is 10.4 Å². The highest BCUT2D eigenvalue weighted by Gasteiger charge is 2.07. The molecule has 1 rings (SSSR count). The van der Waals surface area contributed by atoms with Crippen molar-refractivity contribution in [3.63, 3.8) is 0 Å². The maximum Gasteiger partial charge on any atom is 0.323 e. The Morgan fingerprint density at radius 3 is 2.87 bits per heavy atom. The topological polar surface area (TPSA) is 77.2 Å². The van der Waals surface area contributed by atoms with Gasteiger partial charge in [-0.2, -0.15) is 5.26 Å². The quantitative estimate of drug-likeness (QED) is 0.789. The van der Waals surface area contributed by atoms with Crippen molar-refractivity contribution in [1.29, 1.82) is 5.26 Å². The lowest BCUT2D eigenvalue weighted by molar-refractivity contribution is -0.135. The van der Waals surface area contributed by atoms with E-state index in [2.05, 4.69) is 4.98 Å². The zero-order valence-corrected chi connectivity index (χ0v) is 8.56. The number of aromatic nitrogens is 1. The summed E-state index contributed by atoms with van der Waals surface area (Å²) < 4.78 is 0. The molecule has 0 radical (unpaired) electrons. The summed E-state index contributed by atoms with van der Waals surface area (Å²) in [6.45, 7) is 1.66. The summed E-state index contributed by atoms with van der Waals surface area (Å²) in [7, 11) is 1.66. The Hall–Kier alpha value is -2.09. The molecule has 0 saturated heterocycles. The number of carboxylic acid groups (broad SMARTS) is 1. The van der Waals surface area contributed by atoms with Crippen LogP contribution in [-0.4, -0.2) is 29.7 Å². The van der Waals surface area contributed by atoms with E-state index in [0.717, 1.165) is 0 Å². The zero-order chi connectivity index (χ0) is 11.4. The van der Waals surface area contributed by atoms with Gasteiger partial charge in [-0.3, -0.25) is 4.79 Å². The predicted molar refractivity (Wildman–Crippen MR) is 54.6 cm³/mol. The second-order valence-corrected chi connectivity index (χ2v) is 3.21. The third kappa shape index (κ3) is 2.95. The van der Waals surface area contributed by atoms with E-state index in [1.54, 1.807) is 31.0 Å². The third-order valence-electron chi connectivity index (χ3n) is 1.87. The van der Waals surface area contributed by atoms with Crippen molar-refractivity contribution < 1.29 is 9.90 Å². The fourth-order valence-electron chi connectivity index (χ4n) is 1.22. The van der Waals surface area contributed by atoms with Gasteiger partial charge in [-0.1, -0.05) is 0 Å². The van der Waals surface area contributed by atoms with E-state index in [1.165, 1.54) is 0 Å². The molecule has 0 aliphatic rings. The maximum absolute atomic E-state index is 10.5. The minimum atomic E-state index is -0.912. The predicted octanol–water partition coefficient (Wildman–Crippen LogP) is 0.782. The van der Waals surface area contributed by atoms with Gasteiger partial charge in [0.05, 0.1) is 0 Å². The monoisotopic (exact) mass is 205 g/mol. The zero-order valence-electron chi connectivity index (χ0n) is 8.56. The van der Waals surface area contributed by atoms with Gasteiger partial charge >= 0.3 is 5.97 Å². The molecule has 0 fully saturated rings. The molecule has 15 heavy (non-hydrogen) atoms.